The van der Waals surface area contributed by atoms with Gasteiger partial charge in [-0.25, -0.2) is 0 Å². The smallest absolute Gasteiger partial charge is 0.0239 e. The van der Waals surface area contributed by atoms with Crippen LogP contribution in [-0.4, -0.2) is 29.6 Å². The molecule has 20 heavy (non-hydrogen) atoms. The van der Waals surface area contributed by atoms with Gasteiger partial charge in [-0.1, -0.05) is 24.3 Å². The molecule has 2 heteroatoms. The molecule has 0 fully saturated rings. The number of rotatable bonds is 5. The summed E-state index contributed by atoms with van der Waals surface area (Å²) in [5, 5.41) is 3.58. The first-order chi connectivity index (χ1) is 9.46. The minimum atomic E-state index is 0.243. The number of hydrogen-bond acceptors (Lipinski definition) is 2. The SMILES string of the molecule is CC(CCCNC(C)(C)C)N1CCc2ccccc2C1. The Labute approximate surface area is 124 Å². The summed E-state index contributed by atoms with van der Waals surface area (Å²) in [6, 6.07) is 9.58. The van der Waals surface area contributed by atoms with Crippen LogP contribution in [0.2, 0.25) is 0 Å². The fourth-order valence-electron chi connectivity index (χ4n) is 2.94. The Kier molecular flexibility index (Phi) is 5.22. The van der Waals surface area contributed by atoms with Crippen LogP contribution in [0.5, 0.6) is 0 Å². The predicted octanol–water partition coefficient (Wildman–Crippen LogP) is 3.60. The molecule has 0 bridgehead atoms. The minimum Gasteiger partial charge on any atom is -0.312 e. The molecule has 0 aromatic heterocycles. The molecule has 0 amide bonds. The Morgan fingerprint density at radius 1 is 1.20 bits per heavy atom. The Morgan fingerprint density at radius 3 is 2.60 bits per heavy atom. The second kappa shape index (κ2) is 6.73. The molecule has 1 aromatic carbocycles. The van der Waals surface area contributed by atoms with Crippen molar-refractivity contribution in [2.24, 2.45) is 0 Å². The lowest BCUT2D eigenvalue weighted by Crippen LogP contribution is -2.39. The fraction of sp³-hybridized carbons (Fsp3) is 0.667. The van der Waals surface area contributed by atoms with Gasteiger partial charge in [-0.15, -0.1) is 0 Å². The Bertz CT molecular complexity index is 420. The molecular formula is C18H30N2. The van der Waals surface area contributed by atoms with E-state index >= 15 is 0 Å². The van der Waals surface area contributed by atoms with Gasteiger partial charge in [0.25, 0.3) is 0 Å². The first-order valence-electron chi connectivity index (χ1n) is 8.01. The van der Waals surface area contributed by atoms with Crippen molar-refractivity contribution in [2.45, 2.75) is 65.1 Å². The standard InChI is InChI=1S/C18H30N2/c1-15(8-7-12-19-18(2,3)4)20-13-11-16-9-5-6-10-17(16)14-20/h5-6,9-10,15,19H,7-8,11-14H2,1-4H3. The predicted molar refractivity (Wildman–Crippen MR) is 87.0 cm³/mol. The van der Waals surface area contributed by atoms with Gasteiger partial charge in [0.2, 0.25) is 0 Å². The number of hydrogen-bond donors (Lipinski definition) is 1. The summed E-state index contributed by atoms with van der Waals surface area (Å²) >= 11 is 0. The summed E-state index contributed by atoms with van der Waals surface area (Å²) in [7, 11) is 0. The number of nitrogens with one attached hydrogen (secondary N) is 1. The van der Waals surface area contributed by atoms with Gasteiger partial charge in [-0.05, 0) is 64.6 Å². The second-order valence-corrected chi connectivity index (χ2v) is 7.16. The van der Waals surface area contributed by atoms with Gasteiger partial charge in [-0.2, -0.15) is 0 Å². The molecule has 0 spiro atoms. The minimum absolute atomic E-state index is 0.243. The highest BCUT2D eigenvalue weighted by Gasteiger charge is 2.20. The molecule has 2 rings (SSSR count). The summed E-state index contributed by atoms with van der Waals surface area (Å²) < 4.78 is 0. The molecule has 1 unspecified atom stereocenters. The highest BCUT2D eigenvalue weighted by molar-refractivity contribution is 5.29. The normalized spacial score (nSPS) is 17.8. The third-order valence-corrected chi connectivity index (χ3v) is 4.24. The van der Waals surface area contributed by atoms with Crippen LogP contribution in [0.15, 0.2) is 24.3 Å². The van der Waals surface area contributed by atoms with E-state index < -0.39 is 0 Å². The van der Waals surface area contributed by atoms with Crippen LogP contribution >= 0.6 is 0 Å². The van der Waals surface area contributed by atoms with E-state index in [0.717, 1.165) is 13.1 Å². The quantitative estimate of drug-likeness (QED) is 0.825. The Morgan fingerprint density at radius 2 is 1.90 bits per heavy atom. The molecule has 0 saturated carbocycles. The number of nitrogens with zero attached hydrogens (tertiary/aromatic N) is 1. The van der Waals surface area contributed by atoms with Gasteiger partial charge in [0.15, 0.2) is 0 Å². The summed E-state index contributed by atoms with van der Waals surface area (Å²) in [6.07, 6.45) is 3.75. The van der Waals surface area contributed by atoms with Crippen molar-refractivity contribution in [1.82, 2.24) is 10.2 Å². The Balaban J connectivity index is 1.76. The number of fused-ring (bicyclic) bond motifs is 1. The van der Waals surface area contributed by atoms with E-state index in [2.05, 4.69) is 62.2 Å². The highest BCUT2D eigenvalue weighted by Crippen LogP contribution is 2.21. The summed E-state index contributed by atoms with van der Waals surface area (Å²) in [4.78, 5) is 2.64. The molecule has 0 saturated heterocycles. The third-order valence-electron chi connectivity index (χ3n) is 4.24. The van der Waals surface area contributed by atoms with Crippen molar-refractivity contribution < 1.29 is 0 Å². The molecule has 1 aliphatic heterocycles. The second-order valence-electron chi connectivity index (χ2n) is 7.16. The van der Waals surface area contributed by atoms with Gasteiger partial charge in [0.1, 0.15) is 0 Å². The lowest BCUT2D eigenvalue weighted by Gasteiger charge is -2.34. The van der Waals surface area contributed by atoms with Gasteiger partial charge in [-0.3, -0.25) is 4.90 Å². The molecule has 2 nitrogen and oxygen atoms in total. The average Bonchev–Trinajstić information content (AvgIpc) is 2.42. The molecule has 112 valence electrons. The maximum Gasteiger partial charge on any atom is 0.0239 e. The number of benzene rings is 1. The van der Waals surface area contributed by atoms with Crippen molar-refractivity contribution in [3.05, 3.63) is 35.4 Å². The lowest BCUT2D eigenvalue weighted by molar-refractivity contribution is 0.179. The monoisotopic (exact) mass is 274 g/mol. The fourth-order valence-corrected chi connectivity index (χ4v) is 2.94. The molecule has 1 N–H and O–H groups in total. The molecule has 0 radical (unpaired) electrons. The summed E-state index contributed by atoms with van der Waals surface area (Å²) in [6.45, 7) is 12.5. The Hall–Kier alpha value is -0.860. The van der Waals surface area contributed by atoms with E-state index in [1.54, 1.807) is 5.56 Å². The first-order valence-corrected chi connectivity index (χ1v) is 8.01. The van der Waals surface area contributed by atoms with Gasteiger partial charge < -0.3 is 5.32 Å². The maximum absolute atomic E-state index is 3.58. The molecule has 1 aromatic rings. The van der Waals surface area contributed by atoms with Crippen molar-refractivity contribution in [3.8, 4) is 0 Å². The van der Waals surface area contributed by atoms with Crippen LogP contribution < -0.4 is 5.32 Å². The summed E-state index contributed by atoms with van der Waals surface area (Å²) in [5.74, 6) is 0. The van der Waals surface area contributed by atoms with Crippen LogP contribution in [0, 0.1) is 0 Å². The van der Waals surface area contributed by atoms with E-state index in [4.69, 9.17) is 0 Å². The van der Waals surface area contributed by atoms with Gasteiger partial charge in [0.05, 0.1) is 0 Å². The third kappa shape index (κ3) is 4.60. The molecule has 1 atom stereocenters. The summed E-state index contributed by atoms with van der Waals surface area (Å²) in [5.41, 5.74) is 3.32. The van der Waals surface area contributed by atoms with Crippen LogP contribution in [0.4, 0.5) is 0 Å². The van der Waals surface area contributed by atoms with Gasteiger partial charge in [0, 0.05) is 24.7 Å². The van der Waals surface area contributed by atoms with Crippen LogP contribution in [-0.2, 0) is 13.0 Å². The zero-order valence-corrected chi connectivity index (χ0v) is 13.6. The van der Waals surface area contributed by atoms with Gasteiger partial charge >= 0.3 is 0 Å². The van der Waals surface area contributed by atoms with Crippen molar-refractivity contribution in [3.63, 3.8) is 0 Å². The average molecular weight is 274 g/mol. The topological polar surface area (TPSA) is 15.3 Å². The van der Waals surface area contributed by atoms with Crippen LogP contribution in [0.25, 0.3) is 0 Å². The van der Waals surface area contributed by atoms with E-state index in [1.807, 2.05) is 0 Å². The first kappa shape index (κ1) is 15.5. The molecule has 1 heterocycles. The van der Waals surface area contributed by atoms with E-state index in [0.29, 0.717) is 6.04 Å². The van der Waals surface area contributed by atoms with E-state index in [9.17, 15) is 0 Å². The van der Waals surface area contributed by atoms with E-state index in [-0.39, 0.29) is 5.54 Å². The molecule has 1 aliphatic rings. The van der Waals surface area contributed by atoms with Crippen molar-refractivity contribution >= 4 is 0 Å². The largest absolute Gasteiger partial charge is 0.312 e. The highest BCUT2D eigenvalue weighted by atomic mass is 15.2. The zero-order chi connectivity index (χ0) is 14.6. The van der Waals surface area contributed by atoms with E-state index in [1.165, 1.54) is 31.4 Å². The zero-order valence-electron chi connectivity index (χ0n) is 13.6. The lowest BCUT2D eigenvalue weighted by atomic mass is 9.98. The molecule has 0 aliphatic carbocycles. The maximum atomic E-state index is 3.58. The van der Waals surface area contributed by atoms with Crippen molar-refractivity contribution in [1.29, 1.82) is 0 Å². The van der Waals surface area contributed by atoms with Crippen LogP contribution in [0.1, 0.15) is 51.7 Å². The molecular weight excluding hydrogens is 244 g/mol. The van der Waals surface area contributed by atoms with Crippen molar-refractivity contribution in [2.75, 3.05) is 13.1 Å². The van der Waals surface area contributed by atoms with Crippen LogP contribution in [0.3, 0.4) is 0 Å².